The van der Waals surface area contributed by atoms with E-state index >= 15 is 0 Å². The molecule has 0 heterocycles. The largest absolute Gasteiger partial charge is 0.512 e. The molecular weight excluding hydrogens is 260 g/mol. The van der Waals surface area contributed by atoms with Crippen molar-refractivity contribution in [1.29, 1.82) is 0 Å². The summed E-state index contributed by atoms with van der Waals surface area (Å²) in [5.74, 6) is 3.69. The van der Waals surface area contributed by atoms with Crippen LogP contribution in [0, 0.1) is 34.5 Å². The summed E-state index contributed by atoms with van der Waals surface area (Å²) in [7, 11) is 0. The first-order chi connectivity index (χ1) is 9.95. The molecule has 3 saturated carbocycles. The van der Waals surface area contributed by atoms with Crippen LogP contribution in [-0.2, 0) is 0 Å². The maximum Gasteiger partial charge on any atom is 0.0944 e. The van der Waals surface area contributed by atoms with E-state index in [4.69, 9.17) is 0 Å². The van der Waals surface area contributed by atoms with Gasteiger partial charge in [-0.15, -0.1) is 0 Å². The van der Waals surface area contributed by atoms with Crippen molar-refractivity contribution in [3.63, 3.8) is 0 Å². The lowest BCUT2D eigenvalue weighted by Gasteiger charge is -2.60. The van der Waals surface area contributed by atoms with E-state index in [1.165, 1.54) is 25.7 Å². The standard InChI is InChI=1S/C19H30O2/c1-18-9-7-13(20)11-12(18)3-4-14-15-5-6-17(21)19(15,2)10-8-16(14)18/h6,12-16,20-21H,3-5,7-11H2,1-2H3/t12-,13?,14-,15-,16-,18-,19-/m0/s1. The van der Waals surface area contributed by atoms with Crippen molar-refractivity contribution >= 4 is 0 Å². The summed E-state index contributed by atoms with van der Waals surface area (Å²) >= 11 is 0. The van der Waals surface area contributed by atoms with Gasteiger partial charge < -0.3 is 10.2 Å². The summed E-state index contributed by atoms with van der Waals surface area (Å²) in [4.78, 5) is 0. The fraction of sp³-hybridized carbons (Fsp3) is 0.895. The number of fused-ring (bicyclic) bond motifs is 5. The predicted molar refractivity (Wildman–Crippen MR) is 83.8 cm³/mol. The third-order valence-corrected chi connectivity index (χ3v) is 8.18. The first kappa shape index (κ1) is 14.1. The zero-order chi connectivity index (χ0) is 14.8. The van der Waals surface area contributed by atoms with E-state index in [0.717, 1.165) is 43.4 Å². The van der Waals surface area contributed by atoms with E-state index in [0.29, 0.717) is 17.1 Å². The summed E-state index contributed by atoms with van der Waals surface area (Å²) in [5, 5.41) is 20.4. The number of aliphatic hydroxyl groups excluding tert-OH is 2. The highest BCUT2D eigenvalue weighted by molar-refractivity contribution is 5.20. The van der Waals surface area contributed by atoms with E-state index < -0.39 is 0 Å². The van der Waals surface area contributed by atoms with Crippen LogP contribution in [0.4, 0.5) is 0 Å². The van der Waals surface area contributed by atoms with Gasteiger partial charge in [0, 0.05) is 5.41 Å². The van der Waals surface area contributed by atoms with Gasteiger partial charge >= 0.3 is 0 Å². The molecule has 0 aromatic rings. The Bertz CT molecular complexity index is 470. The minimum Gasteiger partial charge on any atom is -0.512 e. The van der Waals surface area contributed by atoms with E-state index in [-0.39, 0.29) is 11.5 Å². The lowest BCUT2D eigenvalue weighted by atomic mass is 9.45. The lowest BCUT2D eigenvalue weighted by Crippen LogP contribution is -2.53. The van der Waals surface area contributed by atoms with Crippen LogP contribution in [0.3, 0.4) is 0 Å². The molecule has 0 bridgehead atoms. The van der Waals surface area contributed by atoms with Crippen LogP contribution < -0.4 is 0 Å². The van der Waals surface area contributed by atoms with E-state index in [1.54, 1.807) is 0 Å². The van der Waals surface area contributed by atoms with Gasteiger partial charge in [0.1, 0.15) is 0 Å². The average molecular weight is 290 g/mol. The Hall–Kier alpha value is -0.500. The molecule has 21 heavy (non-hydrogen) atoms. The second-order valence-corrected chi connectivity index (χ2v) is 8.87. The van der Waals surface area contributed by atoms with Crippen LogP contribution in [0.15, 0.2) is 11.8 Å². The summed E-state index contributed by atoms with van der Waals surface area (Å²) < 4.78 is 0. The Labute approximate surface area is 128 Å². The predicted octanol–water partition coefficient (Wildman–Crippen LogP) is 4.44. The van der Waals surface area contributed by atoms with Gasteiger partial charge in [0.05, 0.1) is 11.9 Å². The molecule has 0 saturated heterocycles. The van der Waals surface area contributed by atoms with Crippen LogP contribution in [0.1, 0.15) is 65.2 Å². The van der Waals surface area contributed by atoms with Gasteiger partial charge in [-0.3, -0.25) is 0 Å². The third kappa shape index (κ3) is 1.81. The summed E-state index contributed by atoms with van der Waals surface area (Å²) in [6, 6.07) is 0. The number of hydrogen-bond acceptors (Lipinski definition) is 2. The fourth-order valence-corrected chi connectivity index (χ4v) is 6.78. The van der Waals surface area contributed by atoms with Crippen molar-refractivity contribution in [2.24, 2.45) is 34.5 Å². The SMILES string of the molecule is C[C@]12CCC(O)C[C@@H]1CC[C@@H]1[C@@H]2CC[C@]2(C)C(O)=CC[C@@H]12. The smallest absolute Gasteiger partial charge is 0.0944 e. The van der Waals surface area contributed by atoms with Crippen LogP contribution in [0.25, 0.3) is 0 Å². The molecule has 4 aliphatic rings. The van der Waals surface area contributed by atoms with Crippen molar-refractivity contribution in [3.05, 3.63) is 11.8 Å². The summed E-state index contributed by atoms with van der Waals surface area (Å²) in [6.45, 7) is 4.82. The van der Waals surface area contributed by atoms with Gasteiger partial charge in [-0.2, -0.15) is 0 Å². The van der Waals surface area contributed by atoms with Crippen LogP contribution >= 0.6 is 0 Å². The molecule has 2 nitrogen and oxygen atoms in total. The Balaban J connectivity index is 1.63. The topological polar surface area (TPSA) is 40.5 Å². The number of rotatable bonds is 0. The van der Waals surface area contributed by atoms with Crippen molar-refractivity contribution in [3.8, 4) is 0 Å². The Morgan fingerprint density at radius 2 is 1.86 bits per heavy atom. The minimum absolute atomic E-state index is 0.0503. The lowest BCUT2D eigenvalue weighted by molar-refractivity contribution is -0.121. The van der Waals surface area contributed by atoms with Gasteiger partial charge in [-0.1, -0.05) is 13.8 Å². The highest BCUT2D eigenvalue weighted by atomic mass is 16.3. The Morgan fingerprint density at radius 1 is 1.05 bits per heavy atom. The van der Waals surface area contributed by atoms with Crippen molar-refractivity contribution in [1.82, 2.24) is 0 Å². The quantitative estimate of drug-likeness (QED) is 0.692. The molecule has 4 aliphatic carbocycles. The third-order valence-electron chi connectivity index (χ3n) is 8.18. The monoisotopic (exact) mass is 290 g/mol. The van der Waals surface area contributed by atoms with E-state index in [9.17, 15) is 10.2 Å². The Morgan fingerprint density at radius 3 is 2.67 bits per heavy atom. The molecule has 0 amide bonds. The van der Waals surface area contributed by atoms with Gasteiger partial charge in [0.15, 0.2) is 0 Å². The number of hydrogen-bond donors (Lipinski definition) is 2. The minimum atomic E-state index is -0.0503. The second kappa shape index (κ2) is 4.50. The van der Waals surface area contributed by atoms with Crippen LogP contribution in [-0.4, -0.2) is 16.3 Å². The normalized spacial score (nSPS) is 56.1. The molecule has 2 N–H and O–H groups in total. The van der Waals surface area contributed by atoms with Crippen molar-refractivity contribution in [2.45, 2.75) is 71.3 Å². The zero-order valence-electron chi connectivity index (χ0n) is 13.5. The molecule has 3 fully saturated rings. The van der Waals surface area contributed by atoms with Crippen LogP contribution in [0.5, 0.6) is 0 Å². The highest BCUT2D eigenvalue weighted by Gasteiger charge is 2.58. The number of allylic oxidation sites excluding steroid dienone is 2. The zero-order valence-corrected chi connectivity index (χ0v) is 13.5. The number of aliphatic hydroxyl groups is 2. The summed E-state index contributed by atoms with van der Waals surface area (Å²) in [6.07, 6.45) is 11.4. The molecule has 1 unspecified atom stereocenters. The fourth-order valence-electron chi connectivity index (χ4n) is 6.78. The molecule has 4 rings (SSSR count). The first-order valence-corrected chi connectivity index (χ1v) is 9.03. The van der Waals surface area contributed by atoms with Gasteiger partial charge in [-0.05, 0) is 86.5 Å². The van der Waals surface area contributed by atoms with Gasteiger partial charge in [0.25, 0.3) is 0 Å². The summed E-state index contributed by atoms with van der Waals surface area (Å²) in [5.41, 5.74) is 0.514. The van der Waals surface area contributed by atoms with Crippen molar-refractivity contribution in [2.75, 3.05) is 0 Å². The maximum atomic E-state index is 10.3. The maximum absolute atomic E-state index is 10.3. The van der Waals surface area contributed by atoms with Gasteiger partial charge in [-0.25, -0.2) is 0 Å². The Kier molecular flexibility index (Phi) is 3.03. The molecule has 118 valence electrons. The van der Waals surface area contributed by atoms with Crippen LogP contribution in [0.2, 0.25) is 0 Å². The molecule has 2 heteroatoms. The molecular formula is C19H30O2. The average Bonchev–Trinajstić information content (AvgIpc) is 2.76. The molecule has 0 aromatic carbocycles. The first-order valence-electron chi connectivity index (χ1n) is 9.03. The highest BCUT2D eigenvalue weighted by Crippen LogP contribution is 2.65. The van der Waals surface area contributed by atoms with E-state index in [1.807, 2.05) is 0 Å². The van der Waals surface area contributed by atoms with Crippen molar-refractivity contribution < 1.29 is 10.2 Å². The molecule has 0 spiro atoms. The van der Waals surface area contributed by atoms with E-state index in [2.05, 4.69) is 19.9 Å². The molecule has 0 radical (unpaired) electrons. The van der Waals surface area contributed by atoms with Gasteiger partial charge in [0.2, 0.25) is 0 Å². The second-order valence-electron chi connectivity index (χ2n) is 8.87. The molecule has 0 aliphatic heterocycles. The molecule has 0 aromatic heterocycles. The molecule has 7 atom stereocenters.